The molecule has 1 aromatic carbocycles. The molecule has 0 aliphatic carbocycles. The number of hydrogen-bond donors (Lipinski definition) is 1. The molecular formula is C14H9F3N4O3S. The van der Waals surface area contributed by atoms with E-state index in [1.807, 2.05) is 0 Å². The number of fused-ring (bicyclic) bond motifs is 1. The van der Waals surface area contributed by atoms with Crippen molar-refractivity contribution in [3.63, 3.8) is 0 Å². The van der Waals surface area contributed by atoms with Gasteiger partial charge in [-0.2, -0.15) is 18.3 Å². The van der Waals surface area contributed by atoms with Crippen LogP contribution in [0.5, 0.6) is 0 Å². The Kier molecular flexibility index (Phi) is 3.95. The molecule has 25 heavy (non-hydrogen) atoms. The van der Waals surface area contributed by atoms with Gasteiger partial charge in [0.2, 0.25) is 0 Å². The summed E-state index contributed by atoms with van der Waals surface area (Å²) >= 11 is 0. The molecule has 1 amide bonds. The Morgan fingerprint density at radius 3 is 2.48 bits per heavy atom. The first-order valence-corrected chi connectivity index (χ1v) is 8.19. The Morgan fingerprint density at radius 1 is 1.16 bits per heavy atom. The molecule has 2 heterocycles. The number of halogens is 3. The second kappa shape index (κ2) is 5.84. The van der Waals surface area contributed by atoms with Crippen molar-refractivity contribution in [1.82, 2.24) is 19.3 Å². The van der Waals surface area contributed by atoms with Crippen molar-refractivity contribution in [2.24, 2.45) is 0 Å². The van der Waals surface area contributed by atoms with Crippen LogP contribution in [-0.2, 0) is 16.2 Å². The quantitative estimate of drug-likeness (QED) is 0.760. The summed E-state index contributed by atoms with van der Waals surface area (Å²) in [5.41, 5.74) is -0.941. The van der Waals surface area contributed by atoms with Gasteiger partial charge >= 0.3 is 6.18 Å². The lowest BCUT2D eigenvalue weighted by Gasteiger charge is -2.09. The molecule has 0 spiro atoms. The Balaban J connectivity index is 1.87. The highest BCUT2D eigenvalue weighted by atomic mass is 32.2. The van der Waals surface area contributed by atoms with Crippen molar-refractivity contribution in [3.8, 4) is 0 Å². The molecule has 130 valence electrons. The number of benzene rings is 1. The van der Waals surface area contributed by atoms with Crippen molar-refractivity contribution in [2.75, 3.05) is 0 Å². The minimum Gasteiger partial charge on any atom is -0.268 e. The summed E-state index contributed by atoms with van der Waals surface area (Å²) in [4.78, 5) is 15.6. The second-order valence-electron chi connectivity index (χ2n) is 4.90. The van der Waals surface area contributed by atoms with Crippen molar-refractivity contribution in [2.45, 2.75) is 11.1 Å². The summed E-state index contributed by atoms with van der Waals surface area (Å²) in [5.74, 6) is -0.992. The number of nitrogens with zero attached hydrogens (tertiary/aromatic N) is 3. The lowest BCUT2D eigenvalue weighted by atomic mass is 10.2. The first-order valence-electron chi connectivity index (χ1n) is 6.71. The number of aromatic nitrogens is 3. The number of amides is 1. The summed E-state index contributed by atoms with van der Waals surface area (Å²) in [6.45, 7) is 0. The molecule has 2 aromatic heterocycles. The van der Waals surface area contributed by atoms with E-state index in [4.69, 9.17) is 0 Å². The van der Waals surface area contributed by atoms with E-state index in [1.54, 1.807) is 10.8 Å². The minimum absolute atomic E-state index is 0.0870. The Hall–Kier alpha value is -2.95. The summed E-state index contributed by atoms with van der Waals surface area (Å²) in [7, 11) is -4.35. The standard InChI is InChI=1S/C14H9F3N4O3S/c15-14(16,17)9-2-4-10(5-3-9)25(23,24)20-13(22)11-8-19-21-7-1-6-18-12(11)21/h1-8H,(H,20,22). The molecule has 0 radical (unpaired) electrons. The van der Waals surface area contributed by atoms with E-state index in [9.17, 15) is 26.4 Å². The molecular weight excluding hydrogens is 361 g/mol. The van der Waals surface area contributed by atoms with Gasteiger partial charge in [-0.3, -0.25) is 4.79 Å². The van der Waals surface area contributed by atoms with Crippen LogP contribution in [0.15, 0.2) is 53.8 Å². The van der Waals surface area contributed by atoms with E-state index >= 15 is 0 Å². The van der Waals surface area contributed by atoms with Crippen LogP contribution in [0.25, 0.3) is 5.65 Å². The number of alkyl halides is 3. The Morgan fingerprint density at radius 2 is 1.84 bits per heavy atom. The summed E-state index contributed by atoms with van der Waals surface area (Å²) < 4.78 is 65.0. The van der Waals surface area contributed by atoms with E-state index in [2.05, 4.69) is 10.1 Å². The zero-order valence-electron chi connectivity index (χ0n) is 12.2. The monoisotopic (exact) mass is 370 g/mol. The van der Waals surface area contributed by atoms with Gasteiger partial charge in [0.1, 0.15) is 5.56 Å². The first kappa shape index (κ1) is 16.9. The fraction of sp³-hybridized carbons (Fsp3) is 0.0714. The maximum Gasteiger partial charge on any atom is 0.416 e. The summed E-state index contributed by atoms with van der Waals surface area (Å²) in [6.07, 6.45) is -0.532. The molecule has 0 unspecified atom stereocenters. The molecule has 0 bridgehead atoms. The fourth-order valence-electron chi connectivity index (χ4n) is 2.05. The van der Waals surface area contributed by atoms with Crippen LogP contribution < -0.4 is 4.72 Å². The molecule has 3 aromatic rings. The van der Waals surface area contributed by atoms with Crippen LogP contribution >= 0.6 is 0 Å². The molecule has 0 aliphatic heterocycles. The topological polar surface area (TPSA) is 93.4 Å². The predicted octanol–water partition coefficient (Wildman–Crippen LogP) is 1.87. The zero-order valence-corrected chi connectivity index (χ0v) is 13.0. The summed E-state index contributed by atoms with van der Waals surface area (Å²) in [6, 6.07) is 4.35. The van der Waals surface area contributed by atoms with Gasteiger partial charge in [0.15, 0.2) is 5.65 Å². The maximum absolute atomic E-state index is 12.5. The van der Waals surface area contributed by atoms with E-state index < -0.39 is 32.6 Å². The smallest absolute Gasteiger partial charge is 0.268 e. The second-order valence-corrected chi connectivity index (χ2v) is 6.59. The normalized spacial score (nSPS) is 12.3. The molecule has 11 heteroatoms. The van der Waals surface area contributed by atoms with Crippen molar-refractivity contribution in [3.05, 3.63) is 60.0 Å². The average Bonchev–Trinajstić information content (AvgIpc) is 2.98. The van der Waals surface area contributed by atoms with Crippen LogP contribution in [0.2, 0.25) is 0 Å². The third kappa shape index (κ3) is 3.31. The Labute approximate surface area is 139 Å². The van der Waals surface area contributed by atoms with Gasteiger partial charge in [-0.15, -0.1) is 0 Å². The van der Waals surface area contributed by atoms with E-state index in [-0.39, 0.29) is 11.2 Å². The van der Waals surface area contributed by atoms with Crippen LogP contribution in [0.4, 0.5) is 13.2 Å². The number of carbonyl (C=O) groups excluding carboxylic acids is 1. The highest BCUT2D eigenvalue weighted by Crippen LogP contribution is 2.29. The number of hydrogen-bond acceptors (Lipinski definition) is 5. The van der Waals surface area contributed by atoms with E-state index in [1.165, 1.54) is 16.9 Å². The lowest BCUT2D eigenvalue weighted by molar-refractivity contribution is -0.137. The van der Waals surface area contributed by atoms with E-state index in [0.29, 0.717) is 12.1 Å². The van der Waals surface area contributed by atoms with Gasteiger partial charge in [0.05, 0.1) is 16.7 Å². The minimum atomic E-state index is -4.59. The van der Waals surface area contributed by atoms with Gasteiger partial charge in [0, 0.05) is 12.4 Å². The highest BCUT2D eigenvalue weighted by Gasteiger charge is 2.31. The van der Waals surface area contributed by atoms with Gasteiger partial charge in [0.25, 0.3) is 15.9 Å². The van der Waals surface area contributed by atoms with Gasteiger partial charge in [-0.1, -0.05) is 0 Å². The lowest BCUT2D eigenvalue weighted by Crippen LogP contribution is -2.30. The third-order valence-electron chi connectivity index (χ3n) is 3.24. The molecule has 0 saturated heterocycles. The summed E-state index contributed by atoms with van der Waals surface area (Å²) in [5, 5.41) is 3.85. The SMILES string of the molecule is O=C(NS(=O)(=O)c1ccc(C(F)(F)F)cc1)c1cnn2cccnc12. The molecule has 0 aliphatic rings. The molecule has 7 nitrogen and oxygen atoms in total. The average molecular weight is 370 g/mol. The van der Waals surface area contributed by atoms with Crippen molar-refractivity contribution in [1.29, 1.82) is 0 Å². The zero-order chi connectivity index (χ0) is 18.2. The first-order chi connectivity index (χ1) is 11.7. The number of carbonyl (C=O) groups is 1. The van der Waals surface area contributed by atoms with Gasteiger partial charge in [-0.25, -0.2) is 22.6 Å². The fourth-order valence-corrected chi connectivity index (χ4v) is 3.01. The molecule has 3 rings (SSSR count). The Bertz CT molecular complexity index is 1040. The van der Waals surface area contributed by atoms with Crippen LogP contribution in [0.1, 0.15) is 15.9 Å². The largest absolute Gasteiger partial charge is 0.416 e. The van der Waals surface area contributed by atoms with Gasteiger partial charge < -0.3 is 0 Å². The number of nitrogens with one attached hydrogen (secondary N) is 1. The van der Waals surface area contributed by atoms with E-state index in [0.717, 1.165) is 18.3 Å². The van der Waals surface area contributed by atoms with Crippen molar-refractivity contribution >= 4 is 21.6 Å². The molecule has 0 saturated carbocycles. The van der Waals surface area contributed by atoms with Crippen LogP contribution in [0, 0.1) is 0 Å². The van der Waals surface area contributed by atoms with Crippen LogP contribution in [0.3, 0.4) is 0 Å². The highest BCUT2D eigenvalue weighted by molar-refractivity contribution is 7.90. The molecule has 0 fully saturated rings. The third-order valence-corrected chi connectivity index (χ3v) is 4.59. The molecule has 1 N–H and O–H groups in total. The van der Waals surface area contributed by atoms with Crippen LogP contribution in [-0.4, -0.2) is 28.9 Å². The maximum atomic E-state index is 12.5. The number of sulfonamides is 1. The molecule has 0 atom stereocenters. The number of rotatable bonds is 3. The van der Waals surface area contributed by atoms with Crippen molar-refractivity contribution < 1.29 is 26.4 Å². The van der Waals surface area contributed by atoms with Gasteiger partial charge in [-0.05, 0) is 30.3 Å². The predicted molar refractivity (Wildman–Crippen MR) is 79.1 cm³/mol.